The van der Waals surface area contributed by atoms with E-state index in [1.165, 1.54) is 18.2 Å². The molecule has 0 aliphatic heterocycles. The van der Waals surface area contributed by atoms with Crippen molar-refractivity contribution < 1.29 is 13.5 Å². The van der Waals surface area contributed by atoms with Crippen molar-refractivity contribution in [1.29, 1.82) is 5.26 Å². The first-order valence-electron chi connectivity index (χ1n) is 5.03. The van der Waals surface area contributed by atoms with Crippen LogP contribution in [0.15, 0.2) is 39.3 Å². The van der Waals surface area contributed by atoms with E-state index in [4.69, 9.17) is 10.00 Å². The van der Waals surface area contributed by atoms with Gasteiger partial charge in [0.2, 0.25) is 5.82 Å². The first kappa shape index (κ1) is 14.0. The third-order valence-electron chi connectivity index (χ3n) is 2.24. The molecule has 0 unspecified atom stereocenters. The number of ether oxygens (including phenoxy) is 1. The Morgan fingerprint density at radius 2 is 1.68 bits per heavy atom. The molecular weight excluding hydrogens is 384 g/mol. The van der Waals surface area contributed by atoms with Crippen LogP contribution in [0.1, 0.15) is 5.56 Å². The molecule has 0 fully saturated rings. The van der Waals surface area contributed by atoms with Gasteiger partial charge in [0.15, 0.2) is 11.6 Å². The number of hydrogen-bond donors (Lipinski definition) is 0. The maximum absolute atomic E-state index is 13.6. The van der Waals surface area contributed by atoms with E-state index in [9.17, 15) is 8.78 Å². The van der Waals surface area contributed by atoms with Gasteiger partial charge in [0.05, 0.1) is 5.56 Å². The van der Waals surface area contributed by atoms with Crippen molar-refractivity contribution in [2.24, 2.45) is 0 Å². The van der Waals surface area contributed by atoms with Gasteiger partial charge in [-0.15, -0.1) is 0 Å². The summed E-state index contributed by atoms with van der Waals surface area (Å²) >= 11 is 6.27. The number of halogens is 4. The zero-order valence-electron chi connectivity index (χ0n) is 9.25. The molecule has 6 heteroatoms. The maximum Gasteiger partial charge on any atom is 0.201 e. The quantitative estimate of drug-likeness (QED) is 0.666. The highest BCUT2D eigenvalue weighted by molar-refractivity contribution is 9.10. The minimum Gasteiger partial charge on any atom is -0.453 e. The molecule has 19 heavy (non-hydrogen) atoms. The third-order valence-corrected chi connectivity index (χ3v) is 3.19. The van der Waals surface area contributed by atoms with Gasteiger partial charge in [0.1, 0.15) is 11.8 Å². The molecule has 2 aromatic rings. The van der Waals surface area contributed by atoms with Crippen LogP contribution in [0.3, 0.4) is 0 Å². The van der Waals surface area contributed by atoms with Crippen molar-refractivity contribution in [3.63, 3.8) is 0 Å². The lowest BCUT2D eigenvalue weighted by atomic mass is 10.2. The molecule has 0 saturated carbocycles. The number of nitrogens with zero attached hydrogens (tertiary/aromatic N) is 1. The Hall–Kier alpha value is -1.45. The Balaban J connectivity index is 2.47. The summed E-state index contributed by atoms with van der Waals surface area (Å²) in [5.41, 5.74) is 0.225. The molecule has 0 heterocycles. The molecule has 0 spiro atoms. The molecule has 0 atom stereocenters. The molecule has 0 saturated heterocycles. The molecule has 0 aliphatic carbocycles. The molecule has 0 radical (unpaired) electrons. The normalized spacial score (nSPS) is 10.1. The molecular formula is C13H5Br2F2NO. The summed E-state index contributed by atoms with van der Waals surface area (Å²) in [6.45, 7) is 0. The average Bonchev–Trinajstić information content (AvgIpc) is 2.35. The summed E-state index contributed by atoms with van der Waals surface area (Å²) in [7, 11) is 0. The van der Waals surface area contributed by atoms with E-state index in [2.05, 4.69) is 31.9 Å². The van der Waals surface area contributed by atoms with Crippen LogP contribution in [0.5, 0.6) is 11.5 Å². The number of rotatable bonds is 2. The fourth-order valence-corrected chi connectivity index (χ4v) is 2.15. The Morgan fingerprint density at radius 3 is 2.37 bits per heavy atom. The van der Waals surface area contributed by atoms with E-state index < -0.39 is 11.6 Å². The maximum atomic E-state index is 13.6. The summed E-state index contributed by atoms with van der Waals surface area (Å²) in [5, 5.41) is 8.94. The van der Waals surface area contributed by atoms with Gasteiger partial charge in [-0.05, 0) is 30.3 Å². The van der Waals surface area contributed by atoms with Crippen LogP contribution in [-0.2, 0) is 0 Å². The Labute approximate surface area is 124 Å². The third kappa shape index (κ3) is 3.11. The first-order valence-corrected chi connectivity index (χ1v) is 6.62. The van der Waals surface area contributed by atoms with Gasteiger partial charge in [-0.3, -0.25) is 0 Å². The molecule has 0 amide bonds. The summed E-state index contributed by atoms with van der Waals surface area (Å²) in [6, 6.07) is 8.89. The zero-order chi connectivity index (χ0) is 14.0. The molecule has 0 N–H and O–H groups in total. The minimum atomic E-state index is -1.10. The van der Waals surface area contributed by atoms with Crippen molar-refractivity contribution in [1.82, 2.24) is 0 Å². The van der Waals surface area contributed by atoms with Crippen LogP contribution in [0.2, 0.25) is 0 Å². The molecule has 0 aliphatic rings. The summed E-state index contributed by atoms with van der Waals surface area (Å²) in [4.78, 5) is 0. The van der Waals surface area contributed by atoms with Gasteiger partial charge in [-0.1, -0.05) is 31.9 Å². The van der Waals surface area contributed by atoms with E-state index in [1.807, 2.05) is 6.07 Å². The topological polar surface area (TPSA) is 33.0 Å². The van der Waals surface area contributed by atoms with Gasteiger partial charge in [-0.2, -0.15) is 9.65 Å². The molecule has 2 nitrogen and oxygen atoms in total. The second kappa shape index (κ2) is 5.68. The zero-order valence-corrected chi connectivity index (χ0v) is 12.4. The highest BCUT2D eigenvalue weighted by atomic mass is 79.9. The van der Waals surface area contributed by atoms with E-state index in [1.54, 1.807) is 6.07 Å². The highest BCUT2D eigenvalue weighted by Crippen LogP contribution is 2.32. The fraction of sp³-hybridized carbons (Fsp3) is 0. The lowest BCUT2D eigenvalue weighted by Gasteiger charge is -2.09. The largest absolute Gasteiger partial charge is 0.453 e. The van der Waals surface area contributed by atoms with E-state index in [0.29, 0.717) is 8.95 Å². The molecule has 0 bridgehead atoms. The summed E-state index contributed by atoms with van der Waals surface area (Å²) in [5.74, 6) is -2.28. The first-order chi connectivity index (χ1) is 9.01. The second-order valence-corrected chi connectivity index (χ2v) is 5.39. The summed E-state index contributed by atoms with van der Waals surface area (Å²) < 4.78 is 33.1. The molecule has 96 valence electrons. The Kier molecular flexibility index (Phi) is 4.17. The SMILES string of the molecule is N#Cc1ccc(Br)cc1Oc1cc(Br)cc(F)c1F. The van der Waals surface area contributed by atoms with Gasteiger partial charge in [0.25, 0.3) is 0 Å². The molecule has 2 aromatic carbocycles. The number of nitriles is 1. The smallest absolute Gasteiger partial charge is 0.201 e. The lowest BCUT2D eigenvalue weighted by Crippen LogP contribution is -1.94. The van der Waals surface area contributed by atoms with Crippen LogP contribution in [0, 0.1) is 23.0 Å². The monoisotopic (exact) mass is 387 g/mol. The van der Waals surface area contributed by atoms with E-state index in [0.717, 1.165) is 6.07 Å². The predicted octanol–water partition coefficient (Wildman–Crippen LogP) is 5.15. The molecule has 0 aromatic heterocycles. The average molecular weight is 389 g/mol. The number of hydrogen-bond acceptors (Lipinski definition) is 2. The van der Waals surface area contributed by atoms with Crippen molar-refractivity contribution in [2.75, 3.05) is 0 Å². The van der Waals surface area contributed by atoms with Gasteiger partial charge in [-0.25, -0.2) is 4.39 Å². The van der Waals surface area contributed by atoms with Crippen molar-refractivity contribution in [3.05, 3.63) is 56.5 Å². The summed E-state index contributed by atoms with van der Waals surface area (Å²) in [6.07, 6.45) is 0. The van der Waals surface area contributed by atoms with Crippen LogP contribution in [0.25, 0.3) is 0 Å². The Morgan fingerprint density at radius 1 is 1.00 bits per heavy atom. The van der Waals surface area contributed by atoms with Crippen molar-refractivity contribution in [2.45, 2.75) is 0 Å². The van der Waals surface area contributed by atoms with Gasteiger partial charge in [0, 0.05) is 8.95 Å². The molecule has 2 rings (SSSR count). The number of benzene rings is 2. The Bertz CT molecular complexity index is 683. The van der Waals surface area contributed by atoms with Gasteiger partial charge < -0.3 is 4.74 Å². The van der Waals surface area contributed by atoms with Crippen LogP contribution >= 0.6 is 31.9 Å². The van der Waals surface area contributed by atoms with Crippen LogP contribution in [0.4, 0.5) is 8.78 Å². The predicted molar refractivity (Wildman–Crippen MR) is 73.0 cm³/mol. The van der Waals surface area contributed by atoms with Crippen molar-refractivity contribution in [3.8, 4) is 17.6 Å². The second-order valence-electron chi connectivity index (χ2n) is 3.55. The fourth-order valence-electron chi connectivity index (χ4n) is 1.40. The standard InChI is InChI=1S/C13H5Br2F2NO/c14-8-2-1-7(6-18)11(4-8)19-12-5-9(15)3-10(16)13(12)17/h1-5H. The lowest BCUT2D eigenvalue weighted by molar-refractivity contribution is 0.414. The van der Waals surface area contributed by atoms with Gasteiger partial charge >= 0.3 is 0 Å². The van der Waals surface area contributed by atoms with E-state index in [-0.39, 0.29) is 17.1 Å². The van der Waals surface area contributed by atoms with Crippen LogP contribution < -0.4 is 4.74 Å². The van der Waals surface area contributed by atoms with Crippen molar-refractivity contribution >= 4 is 31.9 Å². The minimum absolute atomic E-state index is 0.147. The van der Waals surface area contributed by atoms with Crippen LogP contribution in [-0.4, -0.2) is 0 Å². The highest BCUT2D eigenvalue weighted by Gasteiger charge is 2.14. The van der Waals surface area contributed by atoms with E-state index >= 15 is 0 Å².